The Labute approximate surface area is 120 Å². The van der Waals surface area contributed by atoms with Crippen LogP contribution in [0.2, 0.25) is 0 Å². The number of hydrogen-bond donors (Lipinski definition) is 2. The van der Waals surface area contributed by atoms with Gasteiger partial charge < -0.3 is 11.1 Å². The number of nitrogen functional groups attached to an aromatic ring is 1. The van der Waals surface area contributed by atoms with Gasteiger partial charge in [-0.1, -0.05) is 23.8 Å². The first-order valence-electron chi connectivity index (χ1n) is 6.70. The molecule has 0 aliphatic heterocycles. The van der Waals surface area contributed by atoms with Crippen LogP contribution in [0.1, 0.15) is 22.3 Å². The Kier molecular flexibility index (Phi) is 4.27. The molecule has 2 aromatic rings. The summed E-state index contributed by atoms with van der Waals surface area (Å²) >= 11 is 0. The van der Waals surface area contributed by atoms with E-state index in [1.165, 1.54) is 16.7 Å². The molecular weight excluding hydrogens is 246 g/mol. The van der Waals surface area contributed by atoms with Crippen molar-refractivity contribution >= 4 is 11.4 Å². The minimum Gasteiger partial charge on any atom is -0.397 e. The molecule has 0 bridgehead atoms. The van der Waals surface area contributed by atoms with E-state index in [2.05, 4.69) is 43.4 Å². The average molecular weight is 265 g/mol. The summed E-state index contributed by atoms with van der Waals surface area (Å²) in [4.78, 5) is 0. The number of nitriles is 1. The van der Waals surface area contributed by atoms with Crippen molar-refractivity contribution in [3.8, 4) is 6.07 Å². The molecule has 3 nitrogen and oxygen atoms in total. The second-order valence-corrected chi connectivity index (χ2v) is 5.02. The maximum atomic E-state index is 8.80. The summed E-state index contributed by atoms with van der Waals surface area (Å²) in [5.74, 6) is 0. The normalized spacial score (nSPS) is 10.1. The van der Waals surface area contributed by atoms with E-state index in [1.54, 1.807) is 12.1 Å². The first-order chi connectivity index (χ1) is 9.60. The zero-order chi connectivity index (χ0) is 14.5. The first kappa shape index (κ1) is 14.0. The molecule has 0 spiro atoms. The highest BCUT2D eigenvalue weighted by atomic mass is 14.9. The van der Waals surface area contributed by atoms with Gasteiger partial charge in [0.05, 0.1) is 23.0 Å². The lowest BCUT2D eigenvalue weighted by Gasteiger charge is -2.11. The largest absolute Gasteiger partial charge is 0.397 e. The number of hydrogen-bond acceptors (Lipinski definition) is 3. The Morgan fingerprint density at radius 3 is 2.60 bits per heavy atom. The SMILES string of the molecule is Cc1ccc(CCNc2ccc(C#N)cc2N)c(C)c1. The van der Waals surface area contributed by atoms with Crippen molar-refractivity contribution in [2.45, 2.75) is 20.3 Å². The summed E-state index contributed by atoms with van der Waals surface area (Å²) in [6.45, 7) is 5.06. The lowest BCUT2D eigenvalue weighted by molar-refractivity contribution is 1.00. The molecule has 0 radical (unpaired) electrons. The third kappa shape index (κ3) is 3.30. The molecule has 0 amide bonds. The minimum atomic E-state index is 0.586. The van der Waals surface area contributed by atoms with E-state index in [-0.39, 0.29) is 0 Å². The van der Waals surface area contributed by atoms with Crippen LogP contribution in [0.5, 0.6) is 0 Å². The van der Waals surface area contributed by atoms with E-state index >= 15 is 0 Å². The van der Waals surface area contributed by atoms with Crippen LogP contribution in [0.25, 0.3) is 0 Å². The maximum absolute atomic E-state index is 8.80. The van der Waals surface area contributed by atoms with Gasteiger partial charge in [0, 0.05) is 6.54 Å². The van der Waals surface area contributed by atoms with Crippen LogP contribution in [-0.2, 0) is 6.42 Å². The molecule has 0 saturated carbocycles. The summed E-state index contributed by atoms with van der Waals surface area (Å²) in [7, 11) is 0. The molecule has 0 aromatic heterocycles. The molecule has 0 fully saturated rings. The molecule has 2 aromatic carbocycles. The van der Waals surface area contributed by atoms with Gasteiger partial charge in [0.15, 0.2) is 0 Å². The van der Waals surface area contributed by atoms with Gasteiger partial charge in [-0.3, -0.25) is 0 Å². The van der Waals surface area contributed by atoms with Crippen molar-refractivity contribution in [3.63, 3.8) is 0 Å². The number of nitrogens with two attached hydrogens (primary N) is 1. The van der Waals surface area contributed by atoms with Crippen LogP contribution >= 0.6 is 0 Å². The lowest BCUT2D eigenvalue weighted by atomic mass is 10.0. The Bertz CT molecular complexity index is 654. The van der Waals surface area contributed by atoms with Gasteiger partial charge in [0.25, 0.3) is 0 Å². The fourth-order valence-corrected chi connectivity index (χ4v) is 2.25. The average Bonchev–Trinajstić information content (AvgIpc) is 2.42. The third-order valence-corrected chi connectivity index (χ3v) is 3.39. The molecular formula is C17H19N3. The molecule has 0 unspecified atom stereocenters. The van der Waals surface area contributed by atoms with Gasteiger partial charge in [-0.2, -0.15) is 5.26 Å². The van der Waals surface area contributed by atoms with E-state index in [0.29, 0.717) is 11.3 Å². The number of benzene rings is 2. The van der Waals surface area contributed by atoms with Crippen LogP contribution in [-0.4, -0.2) is 6.54 Å². The second kappa shape index (κ2) is 6.12. The van der Waals surface area contributed by atoms with Gasteiger partial charge >= 0.3 is 0 Å². The van der Waals surface area contributed by atoms with Crippen molar-refractivity contribution in [2.24, 2.45) is 0 Å². The Balaban J connectivity index is 1.98. The highest BCUT2D eigenvalue weighted by Gasteiger charge is 2.02. The van der Waals surface area contributed by atoms with Crippen molar-refractivity contribution in [1.29, 1.82) is 5.26 Å². The smallest absolute Gasteiger partial charge is 0.0992 e. The zero-order valence-corrected chi connectivity index (χ0v) is 11.9. The Morgan fingerprint density at radius 2 is 1.95 bits per heavy atom. The van der Waals surface area contributed by atoms with Crippen LogP contribution in [0.4, 0.5) is 11.4 Å². The summed E-state index contributed by atoms with van der Waals surface area (Å²) in [6.07, 6.45) is 0.950. The predicted octanol–water partition coefficient (Wildman–Crippen LogP) is 3.41. The van der Waals surface area contributed by atoms with Gasteiger partial charge in [0.2, 0.25) is 0 Å². The number of aryl methyl sites for hydroxylation is 2. The van der Waals surface area contributed by atoms with Crippen molar-refractivity contribution in [1.82, 2.24) is 0 Å². The number of rotatable bonds is 4. The van der Waals surface area contributed by atoms with Gasteiger partial charge in [-0.15, -0.1) is 0 Å². The molecule has 0 atom stereocenters. The molecule has 20 heavy (non-hydrogen) atoms. The van der Waals surface area contributed by atoms with E-state index < -0.39 is 0 Å². The highest BCUT2D eigenvalue weighted by molar-refractivity contribution is 5.68. The zero-order valence-electron chi connectivity index (χ0n) is 11.9. The summed E-state index contributed by atoms with van der Waals surface area (Å²) in [5.41, 5.74) is 11.9. The molecule has 0 heterocycles. The van der Waals surface area contributed by atoms with Crippen LogP contribution in [0, 0.1) is 25.2 Å². The highest BCUT2D eigenvalue weighted by Crippen LogP contribution is 2.19. The van der Waals surface area contributed by atoms with Crippen LogP contribution < -0.4 is 11.1 Å². The predicted molar refractivity (Wildman–Crippen MR) is 83.7 cm³/mol. The van der Waals surface area contributed by atoms with Gasteiger partial charge in [0.1, 0.15) is 0 Å². The lowest BCUT2D eigenvalue weighted by Crippen LogP contribution is -2.07. The van der Waals surface area contributed by atoms with Crippen molar-refractivity contribution in [3.05, 3.63) is 58.7 Å². The second-order valence-electron chi connectivity index (χ2n) is 5.02. The number of nitrogens with zero attached hydrogens (tertiary/aromatic N) is 1. The molecule has 2 rings (SSSR count). The maximum Gasteiger partial charge on any atom is 0.0992 e. The topological polar surface area (TPSA) is 61.8 Å². The Hall–Kier alpha value is -2.47. The third-order valence-electron chi connectivity index (χ3n) is 3.39. The standard InChI is InChI=1S/C17H19N3/c1-12-3-5-15(13(2)9-12)7-8-20-17-6-4-14(11-18)10-16(17)19/h3-6,9-10,20H,7-8,19H2,1-2H3. The quantitative estimate of drug-likeness (QED) is 0.833. The van der Waals surface area contributed by atoms with E-state index in [9.17, 15) is 0 Å². The molecule has 0 aliphatic carbocycles. The van der Waals surface area contributed by atoms with Crippen LogP contribution in [0.3, 0.4) is 0 Å². The molecule has 3 N–H and O–H groups in total. The van der Waals surface area contributed by atoms with Gasteiger partial charge in [-0.25, -0.2) is 0 Å². The fourth-order valence-electron chi connectivity index (χ4n) is 2.25. The fraction of sp³-hybridized carbons (Fsp3) is 0.235. The number of nitrogens with one attached hydrogen (secondary N) is 1. The molecule has 0 aliphatic rings. The summed E-state index contributed by atoms with van der Waals surface area (Å²) in [5, 5.41) is 12.1. The Morgan fingerprint density at radius 1 is 1.15 bits per heavy atom. The number of anilines is 2. The molecule has 3 heteroatoms. The van der Waals surface area contributed by atoms with E-state index in [4.69, 9.17) is 11.0 Å². The minimum absolute atomic E-state index is 0.586. The van der Waals surface area contributed by atoms with E-state index in [0.717, 1.165) is 18.7 Å². The molecule has 102 valence electrons. The molecule has 0 saturated heterocycles. The van der Waals surface area contributed by atoms with Gasteiger partial charge in [-0.05, 0) is 49.6 Å². The first-order valence-corrected chi connectivity index (χ1v) is 6.70. The monoisotopic (exact) mass is 265 g/mol. The summed E-state index contributed by atoms with van der Waals surface area (Å²) in [6, 6.07) is 13.9. The van der Waals surface area contributed by atoms with Crippen molar-refractivity contribution < 1.29 is 0 Å². The van der Waals surface area contributed by atoms with Crippen LogP contribution in [0.15, 0.2) is 36.4 Å². The van der Waals surface area contributed by atoms with E-state index in [1.807, 2.05) is 6.07 Å². The van der Waals surface area contributed by atoms with Crippen molar-refractivity contribution in [2.75, 3.05) is 17.6 Å². The summed E-state index contributed by atoms with van der Waals surface area (Å²) < 4.78 is 0.